The summed E-state index contributed by atoms with van der Waals surface area (Å²) >= 11 is 0. The molecule has 1 unspecified atom stereocenters. The molecule has 0 spiro atoms. The average Bonchev–Trinajstić information content (AvgIpc) is 2.94. The lowest BCUT2D eigenvalue weighted by molar-refractivity contribution is -0.171. The van der Waals surface area contributed by atoms with Gasteiger partial charge in [-0.2, -0.15) is 13.2 Å². The third kappa shape index (κ3) is 4.40. The SMILES string of the molecule is CC(C)CC1(C(=O)NC(CC(=O)O)C(F)(F)F)CC1. The van der Waals surface area contributed by atoms with Gasteiger partial charge in [-0.05, 0) is 25.2 Å². The number of carboxylic acids is 1. The summed E-state index contributed by atoms with van der Waals surface area (Å²) in [5, 5.41) is 10.3. The maximum absolute atomic E-state index is 12.6. The summed E-state index contributed by atoms with van der Waals surface area (Å²) < 4.78 is 37.9. The zero-order valence-corrected chi connectivity index (χ0v) is 10.9. The molecule has 0 bridgehead atoms. The van der Waals surface area contributed by atoms with Gasteiger partial charge in [0.1, 0.15) is 6.04 Å². The van der Waals surface area contributed by atoms with Crippen LogP contribution in [0.2, 0.25) is 0 Å². The van der Waals surface area contributed by atoms with E-state index in [-0.39, 0.29) is 5.92 Å². The highest BCUT2D eigenvalue weighted by Crippen LogP contribution is 2.51. The lowest BCUT2D eigenvalue weighted by Crippen LogP contribution is -2.49. The maximum Gasteiger partial charge on any atom is 0.409 e. The van der Waals surface area contributed by atoms with Gasteiger partial charge in [-0.3, -0.25) is 9.59 Å². The fourth-order valence-electron chi connectivity index (χ4n) is 2.19. The summed E-state index contributed by atoms with van der Waals surface area (Å²) in [6.45, 7) is 3.79. The highest BCUT2D eigenvalue weighted by molar-refractivity contribution is 5.86. The van der Waals surface area contributed by atoms with E-state index in [1.54, 1.807) is 0 Å². The standard InChI is InChI=1S/C12H18F3NO3/c1-7(2)6-11(3-4-11)10(19)16-8(5-9(17)18)12(13,14)15/h7-8H,3-6H2,1-2H3,(H,16,19)(H,17,18). The first-order chi connectivity index (χ1) is 8.57. The van der Waals surface area contributed by atoms with Crippen molar-refractivity contribution < 1.29 is 27.9 Å². The molecule has 1 aliphatic rings. The quantitative estimate of drug-likeness (QED) is 0.785. The second kappa shape index (κ2) is 5.38. The first-order valence-electron chi connectivity index (χ1n) is 6.16. The van der Waals surface area contributed by atoms with E-state index >= 15 is 0 Å². The van der Waals surface area contributed by atoms with Gasteiger partial charge in [0.25, 0.3) is 0 Å². The molecule has 0 aromatic rings. The Morgan fingerprint density at radius 1 is 1.32 bits per heavy atom. The van der Waals surface area contributed by atoms with Gasteiger partial charge in [0.05, 0.1) is 6.42 Å². The summed E-state index contributed by atoms with van der Waals surface area (Å²) in [5.74, 6) is -2.06. The van der Waals surface area contributed by atoms with Gasteiger partial charge in [-0.25, -0.2) is 0 Å². The Bertz CT molecular complexity index is 362. The van der Waals surface area contributed by atoms with E-state index in [4.69, 9.17) is 5.11 Å². The zero-order valence-electron chi connectivity index (χ0n) is 10.9. The molecule has 2 N–H and O–H groups in total. The van der Waals surface area contributed by atoms with Crippen LogP contribution in [0.15, 0.2) is 0 Å². The number of nitrogens with one attached hydrogen (secondary N) is 1. The second-order valence-electron chi connectivity index (χ2n) is 5.54. The van der Waals surface area contributed by atoms with Gasteiger partial charge in [0, 0.05) is 5.41 Å². The van der Waals surface area contributed by atoms with E-state index in [1.807, 2.05) is 19.2 Å². The molecular weight excluding hydrogens is 263 g/mol. The maximum atomic E-state index is 12.6. The number of amides is 1. The monoisotopic (exact) mass is 281 g/mol. The number of aliphatic carboxylic acids is 1. The predicted octanol–water partition coefficient (Wildman–Crippen LogP) is 2.33. The van der Waals surface area contributed by atoms with Crippen molar-refractivity contribution in [2.75, 3.05) is 0 Å². The molecule has 0 heterocycles. The van der Waals surface area contributed by atoms with E-state index in [0.717, 1.165) is 0 Å². The molecule has 1 aliphatic carbocycles. The van der Waals surface area contributed by atoms with Gasteiger partial charge >= 0.3 is 12.1 Å². The first kappa shape index (κ1) is 15.8. The molecule has 7 heteroatoms. The van der Waals surface area contributed by atoms with Crippen molar-refractivity contribution in [2.24, 2.45) is 11.3 Å². The van der Waals surface area contributed by atoms with Crippen LogP contribution in [0, 0.1) is 11.3 Å². The van der Waals surface area contributed by atoms with Crippen LogP contribution < -0.4 is 5.32 Å². The van der Waals surface area contributed by atoms with Gasteiger partial charge in [0.2, 0.25) is 5.91 Å². The molecule has 1 atom stereocenters. The fraction of sp³-hybridized carbons (Fsp3) is 0.833. The van der Waals surface area contributed by atoms with Crippen molar-refractivity contribution in [1.29, 1.82) is 0 Å². The molecule has 0 saturated heterocycles. The molecule has 1 saturated carbocycles. The second-order valence-corrected chi connectivity index (χ2v) is 5.54. The Morgan fingerprint density at radius 3 is 2.16 bits per heavy atom. The third-order valence-corrected chi connectivity index (χ3v) is 3.21. The van der Waals surface area contributed by atoms with Gasteiger partial charge < -0.3 is 10.4 Å². The summed E-state index contributed by atoms with van der Waals surface area (Å²) in [6, 6.07) is -2.32. The van der Waals surface area contributed by atoms with Gasteiger partial charge in [-0.15, -0.1) is 0 Å². The number of carboxylic acid groups (broad SMARTS) is 1. The Labute approximate surface area is 109 Å². The minimum absolute atomic E-state index is 0.206. The van der Waals surface area contributed by atoms with Crippen LogP contribution in [-0.4, -0.2) is 29.2 Å². The Kier molecular flexibility index (Phi) is 4.47. The lowest BCUT2D eigenvalue weighted by Gasteiger charge is -2.24. The molecule has 110 valence electrons. The van der Waals surface area contributed by atoms with Crippen LogP contribution in [0.4, 0.5) is 13.2 Å². The minimum Gasteiger partial charge on any atom is -0.481 e. The van der Waals surface area contributed by atoms with Crippen LogP contribution in [0.5, 0.6) is 0 Å². The number of carbonyl (C=O) groups is 2. The molecule has 1 fully saturated rings. The molecule has 0 aromatic heterocycles. The summed E-state index contributed by atoms with van der Waals surface area (Å²) in [6.07, 6.45) is -4.24. The van der Waals surface area contributed by atoms with Crippen molar-refractivity contribution in [3.63, 3.8) is 0 Å². The highest BCUT2D eigenvalue weighted by atomic mass is 19.4. The van der Waals surface area contributed by atoms with E-state index < -0.39 is 35.9 Å². The molecule has 1 amide bonds. The number of hydrogen-bond donors (Lipinski definition) is 2. The van der Waals surface area contributed by atoms with Gasteiger partial charge in [0.15, 0.2) is 0 Å². The fourth-order valence-corrected chi connectivity index (χ4v) is 2.19. The normalized spacial score (nSPS) is 19.1. The van der Waals surface area contributed by atoms with E-state index in [1.165, 1.54) is 0 Å². The minimum atomic E-state index is -4.75. The van der Waals surface area contributed by atoms with Crippen molar-refractivity contribution >= 4 is 11.9 Å². The molecule has 0 aromatic carbocycles. The van der Waals surface area contributed by atoms with E-state index in [0.29, 0.717) is 19.3 Å². The molecule has 0 radical (unpaired) electrons. The smallest absolute Gasteiger partial charge is 0.409 e. The average molecular weight is 281 g/mol. The predicted molar refractivity (Wildman–Crippen MR) is 61.4 cm³/mol. The van der Waals surface area contributed by atoms with Crippen LogP contribution in [0.3, 0.4) is 0 Å². The zero-order chi connectivity index (χ0) is 14.8. The van der Waals surface area contributed by atoms with Crippen molar-refractivity contribution in [1.82, 2.24) is 5.32 Å². The first-order valence-corrected chi connectivity index (χ1v) is 6.16. The Hall–Kier alpha value is -1.27. The summed E-state index contributed by atoms with van der Waals surface area (Å²) in [4.78, 5) is 22.3. The topological polar surface area (TPSA) is 66.4 Å². The number of alkyl halides is 3. The number of carbonyl (C=O) groups excluding carboxylic acids is 1. The highest BCUT2D eigenvalue weighted by Gasteiger charge is 2.52. The van der Waals surface area contributed by atoms with E-state index in [9.17, 15) is 22.8 Å². The molecule has 1 rings (SSSR count). The molecule has 19 heavy (non-hydrogen) atoms. The number of hydrogen-bond acceptors (Lipinski definition) is 2. The van der Waals surface area contributed by atoms with E-state index in [2.05, 4.69) is 0 Å². The van der Waals surface area contributed by atoms with Crippen molar-refractivity contribution in [2.45, 2.75) is 51.7 Å². The van der Waals surface area contributed by atoms with Crippen molar-refractivity contribution in [3.05, 3.63) is 0 Å². The largest absolute Gasteiger partial charge is 0.481 e. The third-order valence-electron chi connectivity index (χ3n) is 3.21. The Morgan fingerprint density at radius 2 is 1.84 bits per heavy atom. The molecule has 0 aliphatic heterocycles. The van der Waals surface area contributed by atoms with Crippen LogP contribution in [-0.2, 0) is 9.59 Å². The summed E-state index contributed by atoms with van der Waals surface area (Å²) in [7, 11) is 0. The summed E-state index contributed by atoms with van der Waals surface area (Å²) in [5.41, 5.74) is -0.726. The number of rotatable bonds is 6. The number of halogens is 3. The van der Waals surface area contributed by atoms with Crippen LogP contribution in [0.25, 0.3) is 0 Å². The van der Waals surface area contributed by atoms with Gasteiger partial charge in [-0.1, -0.05) is 13.8 Å². The Balaban J connectivity index is 2.69. The lowest BCUT2D eigenvalue weighted by atomic mass is 9.93. The van der Waals surface area contributed by atoms with Crippen molar-refractivity contribution in [3.8, 4) is 0 Å². The van der Waals surface area contributed by atoms with Crippen LogP contribution >= 0.6 is 0 Å². The molecule has 4 nitrogen and oxygen atoms in total. The van der Waals surface area contributed by atoms with Crippen LogP contribution in [0.1, 0.15) is 39.5 Å². The molecular formula is C12H18F3NO3.